The first-order chi connectivity index (χ1) is 12.6. The minimum Gasteiger partial charge on any atom is -0.348 e. The Bertz CT molecular complexity index is 708. The summed E-state index contributed by atoms with van der Waals surface area (Å²) in [5.41, 5.74) is 1.84. The molecule has 0 saturated carbocycles. The van der Waals surface area contributed by atoms with Crippen LogP contribution in [0.15, 0.2) is 41.8 Å². The SMILES string of the molecule is CCN1CCN([C@@H](c2cccs2)[C@@H](C)NC(=O)c2cccc(C)c2)CC1. The number of aryl methyl sites for hydroxylation is 1. The molecule has 0 radical (unpaired) electrons. The van der Waals surface area contributed by atoms with Crippen molar-refractivity contribution in [3.8, 4) is 0 Å². The summed E-state index contributed by atoms with van der Waals surface area (Å²) in [6, 6.07) is 12.4. The molecule has 1 fully saturated rings. The zero-order valence-electron chi connectivity index (χ0n) is 15.9. The van der Waals surface area contributed by atoms with Crippen LogP contribution in [-0.2, 0) is 0 Å². The Morgan fingerprint density at radius 2 is 1.96 bits per heavy atom. The Labute approximate surface area is 160 Å². The number of benzene rings is 1. The van der Waals surface area contributed by atoms with Crippen LogP contribution in [0.3, 0.4) is 0 Å². The second-order valence-electron chi connectivity index (χ2n) is 7.06. The summed E-state index contributed by atoms with van der Waals surface area (Å²) in [5.74, 6) is 0.00921. The molecule has 1 aromatic carbocycles. The average molecular weight is 372 g/mol. The first kappa shape index (κ1) is 19.1. The van der Waals surface area contributed by atoms with Crippen molar-refractivity contribution >= 4 is 17.2 Å². The van der Waals surface area contributed by atoms with Gasteiger partial charge in [-0.1, -0.05) is 30.7 Å². The molecule has 3 rings (SSSR count). The van der Waals surface area contributed by atoms with Crippen molar-refractivity contribution in [2.45, 2.75) is 32.9 Å². The third-order valence-electron chi connectivity index (χ3n) is 5.19. The van der Waals surface area contributed by atoms with Gasteiger partial charge in [-0.25, -0.2) is 0 Å². The van der Waals surface area contributed by atoms with Crippen molar-refractivity contribution in [3.05, 3.63) is 57.8 Å². The zero-order valence-corrected chi connectivity index (χ0v) is 16.8. The van der Waals surface area contributed by atoms with Gasteiger partial charge in [-0.3, -0.25) is 9.69 Å². The van der Waals surface area contributed by atoms with Crippen molar-refractivity contribution in [1.29, 1.82) is 0 Å². The summed E-state index contributed by atoms with van der Waals surface area (Å²) >= 11 is 1.78. The molecular formula is C21H29N3OS. The predicted molar refractivity (Wildman–Crippen MR) is 109 cm³/mol. The van der Waals surface area contributed by atoms with E-state index in [0.29, 0.717) is 0 Å². The van der Waals surface area contributed by atoms with Gasteiger partial charge in [0.25, 0.3) is 5.91 Å². The molecule has 26 heavy (non-hydrogen) atoms. The summed E-state index contributed by atoms with van der Waals surface area (Å²) in [5, 5.41) is 5.37. The number of amides is 1. The highest BCUT2D eigenvalue weighted by atomic mass is 32.1. The van der Waals surface area contributed by atoms with Crippen LogP contribution < -0.4 is 5.32 Å². The standard InChI is InChI=1S/C21H29N3OS/c1-4-23-10-12-24(13-11-23)20(19-9-6-14-26-19)17(3)22-21(25)18-8-5-7-16(2)15-18/h5-9,14-15,17,20H,4,10-13H2,1-3H3,(H,22,25)/t17-,20-/m1/s1. The third-order valence-corrected chi connectivity index (χ3v) is 6.14. The molecule has 4 nitrogen and oxygen atoms in total. The summed E-state index contributed by atoms with van der Waals surface area (Å²) < 4.78 is 0. The van der Waals surface area contributed by atoms with E-state index in [1.807, 2.05) is 31.2 Å². The number of thiophene rings is 1. The molecule has 2 aromatic rings. The normalized spacial score (nSPS) is 18.4. The average Bonchev–Trinajstić information content (AvgIpc) is 3.16. The van der Waals surface area contributed by atoms with Gasteiger partial charge in [0.1, 0.15) is 0 Å². The maximum absolute atomic E-state index is 12.7. The number of nitrogens with zero attached hydrogens (tertiary/aromatic N) is 2. The summed E-state index contributed by atoms with van der Waals surface area (Å²) in [6.45, 7) is 11.7. The van der Waals surface area contributed by atoms with Gasteiger partial charge >= 0.3 is 0 Å². The van der Waals surface area contributed by atoms with Gasteiger partial charge in [-0.15, -0.1) is 11.3 Å². The van der Waals surface area contributed by atoms with Crippen molar-refractivity contribution in [1.82, 2.24) is 15.1 Å². The smallest absolute Gasteiger partial charge is 0.251 e. The van der Waals surface area contributed by atoms with Gasteiger partial charge in [0.05, 0.1) is 6.04 Å². The molecule has 1 amide bonds. The van der Waals surface area contributed by atoms with E-state index in [2.05, 4.69) is 46.5 Å². The summed E-state index contributed by atoms with van der Waals surface area (Å²) in [4.78, 5) is 19.1. The highest BCUT2D eigenvalue weighted by molar-refractivity contribution is 7.10. The van der Waals surface area contributed by atoms with Crippen LogP contribution in [0.5, 0.6) is 0 Å². The van der Waals surface area contributed by atoms with Crippen molar-refractivity contribution < 1.29 is 4.79 Å². The second kappa shape index (κ2) is 8.80. The summed E-state index contributed by atoms with van der Waals surface area (Å²) in [7, 11) is 0. The minimum atomic E-state index is 0.00921. The molecule has 140 valence electrons. The number of carbonyl (C=O) groups excluding carboxylic acids is 1. The van der Waals surface area contributed by atoms with Gasteiger partial charge in [-0.2, -0.15) is 0 Å². The van der Waals surface area contributed by atoms with Crippen LogP contribution in [0.4, 0.5) is 0 Å². The van der Waals surface area contributed by atoms with Crippen LogP contribution in [0, 0.1) is 6.92 Å². The molecular weight excluding hydrogens is 342 g/mol. The molecule has 1 N–H and O–H groups in total. The van der Waals surface area contributed by atoms with Crippen molar-refractivity contribution in [2.75, 3.05) is 32.7 Å². The first-order valence-corrected chi connectivity index (χ1v) is 10.3. The molecule has 0 spiro atoms. The lowest BCUT2D eigenvalue weighted by Crippen LogP contribution is -2.52. The maximum Gasteiger partial charge on any atom is 0.251 e. The van der Waals surface area contributed by atoms with Gasteiger partial charge in [-0.05, 0) is 44.0 Å². The largest absolute Gasteiger partial charge is 0.348 e. The lowest BCUT2D eigenvalue weighted by Gasteiger charge is -2.41. The quantitative estimate of drug-likeness (QED) is 0.843. The first-order valence-electron chi connectivity index (χ1n) is 9.46. The highest BCUT2D eigenvalue weighted by Crippen LogP contribution is 2.29. The molecule has 0 unspecified atom stereocenters. The lowest BCUT2D eigenvalue weighted by molar-refractivity contribution is 0.0753. The number of nitrogens with one attached hydrogen (secondary N) is 1. The van der Waals surface area contributed by atoms with Crippen LogP contribution in [0.2, 0.25) is 0 Å². The monoisotopic (exact) mass is 371 g/mol. The Morgan fingerprint density at radius 3 is 2.58 bits per heavy atom. The fourth-order valence-corrected chi connectivity index (χ4v) is 4.68. The Kier molecular flexibility index (Phi) is 6.46. The second-order valence-corrected chi connectivity index (χ2v) is 8.04. The maximum atomic E-state index is 12.7. The molecule has 0 bridgehead atoms. The van der Waals surface area contributed by atoms with Crippen LogP contribution in [-0.4, -0.2) is 54.5 Å². The predicted octanol–water partition coefficient (Wildman–Crippen LogP) is 3.55. The molecule has 5 heteroatoms. The molecule has 1 aliphatic heterocycles. The van der Waals surface area contributed by atoms with E-state index in [1.165, 1.54) is 4.88 Å². The topological polar surface area (TPSA) is 35.6 Å². The molecule has 2 atom stereocenters. The molecule has 0 aliphatic carbocycles. The van der Waals surface area contributed by atoms with Gasteiger partial charge in [0.15, 0.2) is 0 Å². The van der Waals surface area contributed by atoms with E-state index < -0.39 is 0 Å². The molecule has 2 heterocycles. The zero-order chi connectivity index (χ0) is 18.5. The van der Waals surface area contributed by atoms with E-state index in [-0.39, 0.29) is 18.0 Å². The number of carbonyl (C=O) groups is 1. The third kappa shape index (κ3) is 4.53. The number of hydrogen-bond donors (Lipinski definition) is 1. The molecule has 1 aliphatic rings. The van der Waals surface area contributed by atoms with E-state index >= 15 is 0 Å². The number of rotatable bonds is 6. The Balaban J connectivity index is 1.73. The lowest BCUT2D eigenvalue weighted by atomic mass is 10.0. The van der Waals surface area contributed by atoms with E-state index in [4.69, 9.17) is 0 Å². The van der Waals surface area contributed by atoms with Crippen molar-refractivity contribution in [2.24, 2.45) is 0 Å². The van der Waals surface area contributed by atoms with Crippen LogP contribution in [0.1, 0.15) is 40.7 Å². The molecule has 1 saturated heterocycles. The molecule has 1 aromatic heterocycles. The summed E-state index contributed by atoms with van der Waals surface area (Å²) in [6.07, 6.45) is 0. The van der Waals surface area contributed by atoms with Gasteiger partial charge in [0.2, 0.25) is 0 Å². The van der Waals surface area contributed by atoms with Gasteiger partial charge in [0, 0.05) is 42.7 Å². The van der Waals surface area contributed by atoms with E-state index in [0.717, 1.165) is 43.9 Å². The number of hydrogen-bond acceptors (Lipinski definition) is 4. The number of piperazine rings is 1. The number of likely N-dealkylation sites (N-methyl/N-ethyl adjacent to an activating group) is 1. The van der Waals surface area contributed by atoms with E-state index in [9.17, 15) is 4.79 Å². The van der Waals surface area contributed by atoms with Crippen LogP contribution >= 0.6 is 11.3 Å². The Morgan fingerprint density at radius 1 is 1.19 bits per heavy atom. The Hall–Kier alpha value is -1.69. The fourth-order valence-electron chi connectivity index (χ4n) is 3.72. The minimum absolute atomic E-state index is 0.00921. The highest BCUT2D eigenvalue weighted by Gasteiger charge is 2.30. The van der Waals surface area contributed by atoms with Crippen LogP contribution in [0.25, 0.3) is 0 Å². The van der Waals surface area contributed by atoms with Gasteiger partial charge < -0.3 is 10.2 Å². The van der Waals surface area contributed by atoms with E-state index in [1.54, 1.807) is 11.3 Å². The van der Waals surface area contributed by atoms with Crippen molar-refractivity contribution in [3.63, 3.8) is 0 Å². The fraction of sp³-hybridized carbons (Fsp3) is 0.476.